The second kappa shape index (κ2) is 5.87. The van der Waals surface area contributed by atoms with E-state index < -0.39 is 46.5 Å². The van der Waals surface area contributed by atoms with Crippen LogP contribution in [0.2, 0.25) is 0 Å². The molecule has 0 aromatic heterocycles. The molecule has 0 aliphatic carbocycles. The lowest BCUT2D eigenvalue weighted by Gasteiger charge is -2.11. The van der Waals surface area contributed by atoms with E-state index in [2.05, 4.69) is 0 Å². The highest BCUT2D eigenvalue weighted by Gasteiger charge is 2.25. The first kappa shape index (κ1) is 14.5. The Bertz CT molecular complexity index is 533. The Morgan fingerprint density at radius 3 is 2.58 bits per heavy atom. The van der Waals surface area contributed by atoms with E-state index >= 15 is 0 Å². The fraction of sp³-hybridized carbons (Fsp3) is 0.200. The minimum Gasteiger partial charge on any atom is -0.480 e. The van der Waals surface area contributed by atoms with Crippen LogP contribution in [0.25, 0.3) is 0 Å². The lowest BCUT2D eigenvalue weighted by molar-refractivity contribution is -0.385. The van der Waals surface area contributed by atoms with Crippen LogP contribution in [0.5, 0.6) is 0 Å². The van der Waals surface area contributed by atoms with Crippen molar-refractivity contribution >= 4 is 17.6 Å². The van der Waals surface area contributed by atoms with Gasteiger partial charge in [-0.2, -0.15) is 0 Å². The van der Waals surface area contributed by atoms with Crippen LogP contribution >= 0.6 is 0 Å². The van der Waals surface area contributed by atoms with Crippen molar-refractivity contribution in [1.82, 2.24) is 5.32 Å². The topological polar surface area (TPSA) is 130 Å². The molecule has 0 aliphatic heterocycles. The van der Waals surface area contributed by atoms with E-state index in [0.29, 0.717) is 6.07 Å². The fourth-order valence-corrected chi connectivity index (χ4v) is 1.27. The van der Waals surface area contributed by atoms with Gasteiger partial charge in [0.15, 0.2) is 6.04 Å². The summed E-state index contributed by atoms with van der Waals surface area (Å²) in [7, 11) is 0. The van der Waals surface area contributed by atoms with Crippen molar-refractivity contribution in [3.63, 3.8) is 0 Å². The molecule has 0 saturated carbocycles. The van der Waals surface area contributed by atoms with E-state index in [4.69, 9.17) is 10.2 Å². The number of carboxylic acid groups (broad SMARTS) is 1. The lowest BCUT2D eigenvalue weighted by atomic mass is 10.1. The molecule has 1 atom stereocenters. The summed E-state index contributed by atoms with van der Waals surface area (Å²) in [6, 6.07) is 0.636. The zero-order chi connectivity index (χ0) is 14.6. The summed E-state index contributed by atoms with van der Waals surface area (Å²) in [5.74, 6) is -3.49. The van der Waals surface area contributed by atoms with E-state index in [1.807, 2.05) is 5.32 Å². The maximum absolute atomic E-state index is 12.9. The molecule has 0 aliphatic rings. The van der Waals surface area contributed by atoms with Gasteiger partial charge in [0.1, 0.15) is 11.4 Å². The monoisotopic (exact) mass is 272 g/mol. The van der Waals surface area contributed by atoms with Crippen molar-refractivity contribution in [1.29, 1.82) is 0 Å². The quantitative estimate of drug-likeness (QED) is 0.507. The van der Waals surface area contributed by atoms with Crippen LogP contribution in [0.15, 0.2) is 18.2 Å². The van der Waals surface area contributed by atoms with Gasteiger partial charge in [0, 0.05) is 0 Å². The van der Waals surface area contributed by atoms with Gasteiger partial charge in [-0.25, -0.2) is 9.18 Å². The highest BCUT2D eigenvalue weighted by Crippen LogP contribution is 2.19. The Hall–Kier alpha value is -2.55. The number of nitro groups is 1. The second-order valence-electron chi connectivity index (χ2n) is 3.47. The number of nitrogens with zero attached hydrogens (tertiary/aromatic N) is 1. The standard InChI is InChI=1S/C10H9FN2O6/c11-5-1-2-6(8(3-5)13(18)19)9(15)12-7(4-14)10(16)17/h1-3,7,14H,4H2,(H,12,15)(H,16,17)/t7-/m0/s1. The number of aliphatic carboxylic acids is 1. The third kappa shape index (κ3) is 3.45. The highest BCUT2D eigenvalue weighted by atomic mass is 19.1. The highest BCUT2D eigenvalue weighted by molar-refractivity contribution is 5.99. The molecule has 0 heterocycles. The number of hydrogen-bond donors (Lipinski definition) is 3. The van der Waals surface area contributed by atoms with Crippen LogP contribution in [0.4, 0.5) is 10.1 Å². The molecular formula is C10H9FN2O6. The number of carbonyl (C=O) groups is 2. The van der Waals surface area contributed by atoms with Crippen LogP contribution in [0.1, 0.15) is 10.4 Å². The molecule has 3 N–H and O–H groups in total. The van der Waals surface area contributed by atoms with Gasteiger partial charge in [-0.1, -0.05) is 0 Å². The predicted molar refractivity (Wildman–Crippen MR) is 59.0 cm³/mol. The molecule has 102 valence electrons. The molecule has 1 rings (SSSR count). The van der Waals surface area contributed by atoms with Gasteiger partial charge in [-0.15, -0.1) is 0 Å². The Kier molecular flexibility index (Phi) is 4.48. The summed E-state index contributed by atoms with van der Waals surface area (Å²) in [5.41, 5.74) is -1.29. The van der Waals surface area contributed by atoms with Crippen molar-refractivity contribution in [3.05, 3.63) is 39.7 Å². The molecular weight excluding hydrogens is 263 g/mol. The third-order valence-corrected chi connectivity index (χ3v) is 2.19. The summed E-state index contributed by atoms with van der Waals surface area (Å²) in [4.78, 5) is 31.9. The molecule has 19 heavy (non-hydrogen) atoms. The van der Waals surface area contributed by atoms with E-state index in [-0.39, 0.29) is 0 Å². The SMILES string of the molecule is O=C(N[C@@H](CO)C(=O)O)c1ccc(F)cc1[N+](=O)[O-]. The summed E-state index contributed by atoms with van der Waals surface area (Å²) in [6.07, 6.45) is 0. The molecule has 0 spiro atoms. The van der Waals surface area contributed by atoms with Crippen molar-refractivity contribution < 1.29 is 29.1 Å². The smallest absolute Gasteiger partial charge is 0.328 e. The summed E-state index contributed by atoms with van der Waals surface area (Å²) < 4.78 is 12.9. The summed E-state index contributed by atoms with van der Waals surface area (Å²) in [6.45, 7) is -0.879. The maximum atomic E-state index is 12.9. The molecule has 0 unspecified atom stereocenters. The molecule has 0 saturated heterocycles. The van der Waals surface area contributed by atoms with Crippen LogP contribution < -0.4 is 5.32 Å². The molecule has 1 aromatic carbocycles. The van der Waals surface area contributed by atoms with Crippen LogP contribution in [-0.4, -0.2) is 39.7 Å². The normalized spacial score (nSPS) is 11.7. The minimum atomic E-state index is -1.60. The number of carboxylic acids is 1. The molecule has 8 nitrogen and oxygen atoms in total. The number of amides is 1. The zero-order valence-corrected chi connectivity index (χ0v) is 9.37. The van der Waals surface area contributed by atoms with Crippen LogP contribution in [0, 0.1) is 15.9 Å². The Morgan fingerprint density at radius 1 is 1.47 bits per heavy atom. The number of nitrogens with one attached hydrogen (secondary N) is 1. The molecule has 1 amide bonds. The largest absolute Gasteiger partial charge is 0.480 e. The fourth-order valence-electron chi connectivity index (χ4n) is 1.27. The Morgan fingerprint density at radius 2 is 2.11 bits per heavy atom. The molecule has 1 aromatic rings. The average molecular weight is 272 g/mol. The number of rotatable bonds is 5. The number of halogens is 1. The first-order chi connectivity index (χ1) is 8.86. The molecule has 0 fully saturated rings. The molecule has 0 bridgehead atoms. The van der Waals surface area contributed by atoms with E-state index in [1.54, 1.807) is 0 Å². The van der Waals surface area contributed by atoms with Gasteiger partial charge < -0.3 is 15.5 Å². The summed E-state index contributed by atoms with van der Waals surface area (Å²) in [5, 5.41) is 29.9. The van der Waals surface area contributed by atoms with Crippen molar-refractivity contribution in [2.75, 3.05) is 6.61 Å². The number of aliphatic hydroxyl groups excluding tert-OH is 1. The Labute approximate surface area is 105 Å². The molecule has 9 heteroatoms. The van der Waals surface area contributed by atoms with Crippen molar-refractivity contribution in [3.8, 4) is 0 Å². The van der Waals surface area contributed by atoms with Gasteiger partial charge in [-0.3, -0.25) is 14.9 Å². The van der Waals surface area contributed by atoms with Gasteiger partial charge in [0.25, 0.3) is 11.6 Å². The summed E-state index contributed by atoms with van der Waals surface area (Å²) >= 11 is 0. The number of aliphatic hydroxyl groups is 1. The maximum Gasteiger partial charge on any atom is 0.328 e. The van der Waals surface area contributed by atoms with E-state index in [1.165, 1.54) is 0 Å². The first-order valence-corrected chi connectivity index (χ1v) is 4.95. The number of nitro benzene ring substituents is 1. The Balaban J connectivity index is 3.06. The lowest BCUT2D eigenvalue weighted by Crippen LogP contribution is -2.43. The van der Waals surface area contributed by atoms with Crippen LogP contribution in [-0.2, 0) is 4.79 Å². The second-order valence-corrected chi connectivity index (χ2v) is 3.47. The van der Waals surface area contributed by atoms with Gasteiger partial charge in [0.2, 0.25) is 0 Å². The van der Waals surface area contributed by atoms with Gasteiger partial charge in [-0.05, 0) is 12.1 Å². The number of benzene rings is 1. The first-order valence-electron chi connectivity index (χ1n) is 4.95. The average Bonchev–Trinajstić information content (AvgIpc) is 2.34. The van der Waals surface area contributed by atoms with Crippen molar-refractivity contribution in [2.45, 2.75) is 6.04 Å². The number of hydrogen-bond acceptors (Lipinski definition) is 5. The number of carbonyl (C=O) groups excluding carboxylic acids is 1. The van der Waals surface area contributed by atoms with E-state index in [9.17, 15) is 24.1 Å². The third-order valence-electron chi connectivity index (χ3n) is 2.19. The van der Waals surface area contributed by atoms with Crippen LogP contribution in [0.3, 0.4) is 0 Å². The van der Waals surface area contributed by atoms with Crippen molar-refractivity contribution in [2.24, 2.45) is 0 Å². The predicted octanol–water partition coefficient (Wildman–Crippen LogP) is -0.0908. The van der Waals surface area contributed by atoms with E-state index in [0.717, 1.165) is 12.1 Å². The van der Waals surface area contributed by atoms with Gasteiger partial charge >= 0.3 is 5.97 Å². The minimum absolute atomic E-state index is 0.494. The van der Waals surface area contributed by atoms with Gasteiger partial charge in [0.05, 0.1) is 17.6 Å². The molecule has 0 radical (unpaired) electrons. The zero-order valence-electron chi connectivity index (χ0n) is 9.37.